The second kappa shape index (κ2) is 5.02. The summed E-state index contributed by atoms with van der Waals surface area (Å²) >= 11 is 0. The van der Waals surface area contributed by atoms with Crippen LogP contribution in [0.1, 0.15) is 31.2 Å². The van der Waals surface area contributed by atoms with Crippen molar-refractivity contribution in [1.29, 1.82) is 0 Å². The Morgan fingerprint density at radius 2 is 2.04 bits per heavy atom. The number of benzene rings is 1. The van der Waals surface area contributed by atoms with Gasteiger partial charge in [-0.1, -0.05) is 18.2 Å². The monoisotopic (exact) mass is 338 g/mol. The van der Waals surface area contributed by atoms with Gasteiger partial charge in [0.2, 0.25) is 5.91 Å². The molecular weight excluding hydrogens is 316 g/mol. The lowest BCUT2D eigenvalue weighted by Crippen LogP contribution is -2.63. The molecule has 5 nitrogen and oxygen atoms in total. The van der Waals surface area contributed by atoms with Crippen LogP contribution in [0.15, 0.2) is 36.4 Å². The molecule has 1 spiro atoms. The van der Waals surface area contributed by atoms with E-state index in [0.29, 0.717) is 6.42 Å². The number of piperidine rings is 1. The van der Waals surface area contributed by atoms with Crippen molar-refractivity contribution < 1.29 is 14.3 Å². The number of carbonyl (C=O) groups is 2. The van der Waals surface area contributed by atoms with Crippen molar-refractivity contribution in [2.45, 2.75) is 48.8 Å². The first kappa shape index (κ1) is 15.3. The van der Waals surface area contributed by atoms with Gasteiger partial charge in [-0.2, -0.15) is 0 Å². The molecule has 4 aliphatic rings. The fourth-order valence-electron chi connectivity index (χ4n) is 5.71. The van der Waals surface area contributed by atoms with Gasteiger partial charge in [0.15, 0.2) is 5.78 Å². The summed E-state index contributed by atoms with van der Waals surface area (Å²) in [6.07, 6.45) is 6.63. The molecule has 0 saturated carbocycles. The number of para-hydroxylation sites is 1. The Balaban J connectivity index is 1.59. The Bertz CT molecular complexity index is 804. The lowest BCUT2D eigenvalue weighted by molar-refractivity contribution is -0.132. The van der Waals surface area contributed by atoms with Crippen molar-refractivity contribution in [3.05, 3.63) is 42.0 Å². The van der Waals surface area contributed by atoms with Crippen LogP contribution in [0.4, 0.5) is 5.69 Å². The van der Waals surface area contributed by atoms with Crippen LogP contribution in [0, 0.1) is 0 Å². The van der Waals surface area contributed by atoms with Crippen molar-refractivity contribution in [3.63, 3.8) is 0 Å². The highest BCUT2D eigenvalue weighted by Gasteiger charge is 2.63. The number of anilines is 1. The molecule has 2 fully saturated rings. The molecule has 130 valence electrons. The summed E-state index contributed by atoms with van der Waals surface area (Å²) in [5.41, 5.74) is 1.18. The molecule has 1 aliphatic carbocycles. The number of allylic oxidation sites excluding steroid dienone is 1. The number of hydrogen-bond donors (Lipinski definition) is 1. The van der Waals surface area contributed by atoms with E-state index in [9.17, 15) is 9.59 Å². The Morgan fingerprint density at radius 3 is 2.88 bits per heavy atom. The van der Waals surface area contributed by atoms with Crippen molar-refractivity contribution >= 4 is 17.4 Å². The predicted molar refractivity (Wildman–Crippen MR) is 93.4 cm³/mol. The van der Waals surface area contributed by atoms with Crippen molar-refractivity contribution in [2.75, 3.05) is 19.0 Å². The summed E-state index contributed by atoms with van der Waals surface area (Å²) < 4.78 is 5.91. The number of methoxy groups -OCH3 is 1. The van der Waals surface area contributed by atoms with Crippen LogP contribution < -0.4 is 5.32 Å². The number of ketones is 1. The molecule has 5 heteroatoms. The van der Waals surface area contributed by atoms with E-state index >= 15 is 0 Å². The van der Waals surface area contributed by atoms with E-state index in [1.54, 1.807) is 13.2 Å². The highest BCUT2D eigenvalue weighted by Crippen LogP contribution is 2.54. The van der Waals surface area contributed by atoms with Crippen LogP contribution in [0.5, 0.6) is 0 Å². The fourth-order valence-corrected chi connectivity index (χ4v) is 5.71. The zero-order valence-electron chi connectivity index (χ0n) is 14.3. The van der Waals surface area contributed by atoms with Crippen molar-refractivity contribution in [3.8, 4) is 0 Å². The zero-order chi connectivity index (χ0) is 17.2. The highest BCUT2D eigenvalue weighted by molar-refractivity contribution is 6.07. The molecule has 5 rings (SSSR count). The smallest absolute Gasteiger partial charge is 0.236 e. The summed E-state index contributed by atoms with van der Waals surface area (Å²) in [4.78, 5) is 27.5. The van der Waals surface area contributed by atoms with E-state index < -0.39 is 11.0 Å². The Hall–Kier alpha value is -1.98. The number of ether oxygens (including phenoxy) is 1. The third-order valence-corrected chi connectivity index (χ3v) is 6.89. The number of hydrogen-bond acceptors (Lipinski definition) is 4. The van der Waals surface area contributed by atoms with Crippen molar-refractivity contribution in [2.24, 2.45) is 0 Å². The van der Waals surface area contributed by atoms with E-state index in [1.807, 2.05) is 24.3 Å². The van der Waals surface area contributed by atoms with Crippen LogP contribution in [0.3, 0.4) is 0 Å². The van der Waals surface area contributed by atoms with Crippen LogP contribution in [0.2, 0.25) is 0 Å². The molecule has 3 heterocycles. The topological polar surface area (TPSA) is 58.6 Å². The molecule has 2 saturated heterocycles. The van der Waals surface area contributed by atoms with Gasteiger partial charge in [0, 0.05) is 37.8 Å². The quantitative estimate of drug-likeness (QED) is 0.851. The Kier molecular flexibility index (Phi) is 3.07. The standard InChI is InChI=1S/C20H22N2O3/c1-25-19-8-6-13(23)12-17(19)22-11-10-20(16(22)7-9-19)14-4-2-3-5-15(14)21-18(20)24/h2-6,8,16-17H,7,9-12H2,1H3,(H,21,24)/t16-,17+,19-,20-/m0/s1. The molecule has 1 aromatic rings. The molecule has 1 aromatic carbocycles. The number of amides is 1. The normalized spacial score (nSPS) is 39.2. The van der Waals surface area contributed by atoms with E-state index in [4.69, 9.17) is 4.74 Å². The molecule has 1 N–H and O–H groups in total. The second-order valence-corrected chi connectivity index (χ2v) is 7.69. The average molecular weight is 338 g/mol. The molecule has 0 unspecified atom stereocenters. The van der Waals surface area contributed by atoms with Crippen LogP contribution >= 0.6 is 0 Å². The Labute approximate surface area is 147 Å². The molecule has 4 atom stereocenters. The van der Waals surface area contributed by atoms with Gasteiger partial charge >= 0.3 is 0 Å². The van der Waals surface area contributed by atoms with Gasteiger partial charge in [-0.05, 0) is 43.0 Å². The first-order valence-electron chi connectivity index (χ1n) is 9.05. The molecular formula is C20H22N2O3. The van der Waals surface area contributed by atoms with Gasteiger partial charge in [0.1, 0.15) is 5.60 Å². The summed E-state index contributed by atoms with van der Waals surface area (Å²) in [6, 6.07) is 8.20. The van der Waals surface area contributed by atoms with Crippen molar-refractivity contribution in [1.82, 2.24) is 4.90 Å². The maximum absolute atomic E-state index is 13.0. The van der Waals surface area contributed by atoms with E-state index in [2.05, 4.69) is 16.3 Å². The lowest BCUT2D eigenvalue weighted by Gasteiger charge is -2.52. The number of carbonyl (C=O) groups excluding carboxylic acids is 2. The predicted octanol–water partition coefficient (Wildman–Crippen LogP) is 2.03. The summed E-state index contributed by atoms with van der Waals surface area (Å²) in [6.45, 7) is 0.823. The van der Waals surface area contributed by atoms with Gasteiger partial charge in [-0.3, -0.25) is 14.5 Å². The van der Waals surface area contributed by atoms with Gasteiger partial charge in [0.25, 0.3) is 0 Å². The third-order valence-electron chi connectivity index (χ3n) is 6.89. The SMILES string of the molecule is CO[C@]12C=CC(=O)C[C@H]1N1CC[C@@]3(C(=O)Nc4ccccc43)[C@@H]1CC2. The summed E-state index contributed by atoms with van der Waals surface area (Å²) in [7, 11) is 1.73. The largest absolute Gasteiger partial charge is 0.372 e. The molecule has 1 amide bonds. The molecule has 25 heavy (non-hydrogen) atoms. The maximum Gasteiger partial charge on any atom is 0.236 e. The number of rotatable bonds is 1. The summed E-state index contributed by atoms with van der Waals surface area (Å²) in [5, 5.41) is 3.09. The van der Waals surface area contributed by atoms with Gasteiger partial charge in [-0.25, -0.2) is 0 Å². The first-order valence-corrected chi connectivity index (χ1v) is 9.05. The molecule has 0 radical (unpaired) electrons. The fraction of sp³-hybridized carbons (Fsp3) is 0.500. The average Bonchev–Trinajstić information content (AvgIpc) is 3.15. The first-order chi connectivity index (χ1) is 12.1. The third kappa shape index (κ3) is 1.80. The van der Waals surface area contributed by atoms with Gasteiger partial charge in [-0.15, -0.1) is 0 Å². The lowest BCUT2D eigenvalue weighted by atomic mass is 9.68. The van der Waals surface area contributed by atoms with Crippen LogP contribution in [0.25, 0.3) is 0 Å². The minimum absolute atomic E-state index is 0.0219. The van der Waals surface area contributed by atoms with Gasteiger partial charge in [0.05, 0.1) is 5.41 Å². The van der Waals surface area contributed by atoms with Crippen LogP contribution in [-0.4, -0.2) is 47.9 Å². The minimum Gasteiger partial charge on any atom is -0.372 e. The summed E-state index contributed by atoms with van der Waals surface area (Å²) in [5.74, 6) is 0.263. The maximum atomic E-state index is 13.0. The minimum atomic E-state index is -0.485. The van der Waals surface area contributed by atoms with E-state index in [-0.39, 0.29) is 23.8 Å². The Morgan fingerprint density at radius 1 is 1.20 bits per heavy atom. The van der Waals surface area contributed by atoms with Crippen LogP contribution in [-0.2, 0) is 19.7 Å². The van der Waals surface area contributed by atoms with E-state index in [0.717, 1.165) is 37.1 Å². The molecule has 0 aromatic heterocycles. The molecule has 0 bridgehead atoms. The second-order valence-electron chi connectivity index (χ2n) is 7.69. The van der Waals surface area contributed by atoms with Gasteiger partial charge < -0.3 is 10.1 Å². The number of fused-ring (bicyclic) bond motifs is 6. The number of nitrogens with one attached hydrogen (secondary N) is 1. The zero-order valence-corrected chi connectivity index (χ0v) is 14.3. The molecule has 3 aliphatic heterocycles. The van der Waals surface area contributed by atoms with E-state index in [1.165, 1.54) is 0 Å². The highest BCUT2D eigenvalue weighted by atomic mass is 16.5. The number of nitrogens with zero attached hydrogens (tertiary/aromatic N) is 1.